The van der Waals surface area contributed by atoms with Gasteiger partial charge in [0.25, 0.3) is 0 Å². The summed E-state index contributed by atoms with van der Waals surface area (Å²) in [6.45, 7) is 3.31. The van der Waals surface area contributed by atoms with E-state index in [1.54, 1.807) is 7.11 Å². The Morgan fingerprint density at radius 3 is 3.05 bits per heavy atom. The molecule has 1 aliphatic rings. The summed E-state index contributed by atoms with van der Waals surface area (Å²) in [4.78, 5) is 2.42. The Bertz CT molecular complexity index is 480. The monoisotopic (exact) mass is 274 g/mol. The van der Waals surface area contributed by atoms with E-state index < -0.39 is 0 Å². The first-order valence-electron chi connectivity index (χ1n) is 7.17. The van der Waals surface area contributed by atoms with Gasteiger partial charge in [0.05, 0.1) is 12.7 Å². The first-order chi connectivity index (χ1) is 9.76. The Morgan fingerprint density at radius 2 is 2.35 bits per heavy atom. The number of nitriles is 1. The molecule has 0 amide bonds. The molecule has 4 nitrogen and oxygen atoms in total. The van der Waals surface area contributed by atoms with Crippen LogP contribution in [0.2, 0.25) is 0 Å². The molecule has 20 heavy (non-hydrogen) atoms. The summed E-state index contributed by atoms with van der Waals surface area (Å²) in [7, 11) is 1.60. The molecule has 0 saturated carbocycles. The number of ether oxygens (including phenoxy) is 1. The second kappa shape index (κ2) is 7.28. The van der Waals surface area contributed by atoms with Crippen molar-refractivity contribution in [2.24, 2.45) is 5.92 Å². The van der Waals surface area contributed by atoms with Gasteiger partial charge in [0.15, 0.2) is 0 Å². The van der Waals surface area contributed by atoms with Crippen LogP contribution in [0.5, 0.6) is 5.75 Å². The van der Waals surface area contributed by atoms with Gasteiger partial charge in [-0.3, -0.25) is 4.90 Å². The van der Waals surface area contributed by atoms with E-state index in [0.717, 1.165) is 26.1 Å². The number of rotatable bonds is 5. The number of aliphatic hydroxyl groups excluding tert-OH is 1. The van der Waals surface area contributed by atoms with Crippen molar-refractivity contribution in [1.82, 2.24) is 4.90 Å². The molecule has 108 valence electrons. The lowest BCUT2D eigenvalue weighted by atomic mass is 9.95. The van der Waals surface area contributed by atoms with E-state index in [-0.39, 0.29) is 6.61 Å². The molecule has 1 aromatic carbocycles. The third-order valence-electron chi connectivity index (χ3n) is 3.93. The van der Waals surface area contributed by atoms with E-state index in [4.69, 9.17) is 15.1 Å². The zero-order valence-electron chi connectivity index (χ0n) is 12.0. The van der Waals surface area contributed by atoms with Crippen molar-refractivity contribution in [2.75, 3.05) is 26.8 Å². The molecule has 0 aromatic heterocycles. The molecule has 1 aromatic rings. The standard InChI is InChI=1S/C16H22N2O2/c1-20-16-9-14(4-5-15(16)10-17)12-18-7-2-3-13(11-18)6-8-19/h4-5,9,13,19H,2-3,6-8,11-12H2,1H3. The van der Waals surface area contributed by atoms with Gasteiger partial charge in [0.2, 0.25) is 0 Å². The molecule has 4 heteroatoms. The van der Waals surface area contributed by atoms with Crippen molar-refractivity contribution in [3.05, 3.63) is 29.3 Å². The number of hydrogen-bond acceptors (Lipinski definition) is 4. The van der Waals surface area contributed by atoms with Crippen molar-refractivity contribution in [1.29, 1.82) is 5.26 Å². The topological polar surface area (TPSA) is 56.5 Å². The van der Waals surface area contributed by atoms with Gasteiger partial charge in [-0.05, 0) is 49.4 Å². The molecule has 1 heterocycles. The van der Waals surface area contributed by atoms with Crippen LogP contribution in [0.3, 0.4) is 0 Å². The maximum absolute atomic E-state index is 9.05. The van der Waals surface area contributed by atoms with Gasteiger partial charge in [0.1, 0.15) is 11.8 Å². The molecule has 0 spiro atoms. The predicted octanol–water partition coefficient (Wildman–Crippen LogP) is 2.16. The molecule has 1 unspecified atom stereocenters. The van der Waals surface area contributed by atoms with Gasteiger partial charge in [-0.25, -0.2) is 0 Å². The van der Waals surface area contributed by atoms with Crippen LogP contribution in [0.4, 0.5) is 0 Å². The van der Waals surface area contributed by atoms with E-state index in [9.17, 15) is 0 Å². The summed E-state index contributed by atoms with van der Waals surface area (Å²) in [5, 5.41) is 18.0. The van der Waals surface area contributed by atoms with E-state index in [1.165, 1.54) is 18.4 Å². The van der Waals surface area contributed by atoms with Crippen LogP contribution < -0.4 is 4.74 Å². The predicted molar refractivity (Wildman–Crippen MR) is 77.4 cm³/mol. The Labute approximate surface area is 120 Å². The quantitative estimate of drug-likeness (QED) is 0.894. The number of nitrogens with zero attached hydrogens (tertiary/aromatic N) is 2. The second-order valence-electron chi connectivity index (χ2n) is 5.40. The lowest BCUT2D eigenvalue weighted by Gasteiger charge is -2.32. The van der Waals surface area contributed by atoms with Gasteiger partial charge >= 0.3 is 0 Å². The summed E-state index contributed by atoms with van der Waals surface area (Å²) in [6, 6.07) is 7.91. The van der Waals surface area contributed by atoms with Gasteiger partial charge in [-0.2, -0.15) is 5.26 Å². The number of likely N-dealkylation sites (tertiary alicyclic amines) is 1. The smallest absolute Gasteiger partial charge is 0.136 e. The highest BCUT2D eigenvalue weighted by Gasteiger charge is 2.19. The summed E-state index contributed by atoms with van der Waals surface area (Å²) < 4.78 is 5.25. The van der Waals surface area contributed by atoms with E-state index in [1.807, 2.05) is 18.2 Å². The average molecular weight is 274 g/mol. The second-order valence-corrected chi connectivity index (χ2v) is 5.40. The number of hydrogen-bond donors (Lipinski definition) is 1. The van der Waals surface area contributed by atoms with Crippen LogP contribution in [0.1, 0.15) is 30.4 Å². The lowest BCUT2D eigenvalue weighted by molar-refractivity contribution is 0.142. The Balaban J connectivity index is 2.01. The molecule has 0 radical (unpaired) electrons. The molecule has 1 aliphatic heterocycles. The summed E-state index contributed by atoms with van der Waals surface area (Å²) in [6.07, 6.45) is 3.30. The molecular formula is C16H22N2O2. The van der Waals surface area contributed by atoms with Gasteiger partial charge < -0.3 is 9.84 Å². The molecule has 1 saturated heterocycles. The molecule has 1 atom stereocenters. The van der Waals surface area contributed by atoms with Gasteiger partial charge in [0, 0.05) is 19.7 Å². The lowest BCUT2D eigenvalue weighted by Crippen LogP contribution is -2.35. The molecular weight excluding hydrogens is 252 g/mol. The third kappa shape index (κ3) is 3.72. The fourth-order valence-corrected chi connectivity index (χ4v) is 2.90. The first kappa shape index (κ1) is 14.8. The SMILES string of the molecule is COc1cc(CN2CCCC(CCO)C2)ccc1C#N. The van der Waals surface area contributed by atoms with E-state index >= 15 is 0 Å². The number of benzene rings is 1. The fraction of sp³-hybridized carbons (Fsp3) is 0.562. The summed E-state index contributed by atoms with van der Waals surface area (Å²) in [5.41, 5.74) is 1.75. The van der Waals surface area contributed by atoms with Crippen LogP contribution in [-0.4, -0.2) is 36.8 Å². The zero-order chi connectivity index (χ0) is 14.4. The highest BCUT2D eigenvalue weighted by Crippen LogP contribution is 2.24. The maximum atomic E-state index is 9.05. The van der Waals surface area contributed by atoms with Crippen LogP contribution in [-0.2, 0) is 6.54 Å². The molecule has 0 bridgehead atoms. The Kier molecular flexibility index (Phi) is 5.40. The van der Waals surface area contributed by atoms with Crippen LogP contribution >= 0.6 is 0 Å². The highest BCUT2D eigenvalue weighted by atomic mass is 16.5. The van der Waals surface area contributed by atoms with Gasteiger partial charge in [-0.1, -0.05) is 6.07 Å². The first-order valence-corrected chi connectivity index (χ1v) is 7.17. The van der Waals surface area contributed by atoms with Crippen LogP contribution in [0, 0.1) is 17.2 Å². The Morgan fingerprint density at radius 1 is 1.50 bits per heavy atom. The van der Waals surface area contributed by atoms with Crippen LogP contribution in [0.25, 0.3) is 0 Å². The minimum Gasteiger partial charge on any atom is -0.495 e. The molecule has 1 fully saturated rings. The van der Waals surface area contributed by atoms with Crippen LogP contribution in [0.15, 0.2) is 18.2 Å². The van der Waals surface area contributed by atoms with E-state index in [0.29, 0.717) is 17.2 Å². The summed E-state index contributed by atoms with van der Waals surface area (Å²) in [5.74, 6) is 1.25. The molecule has 0 aliphatic carbocycles. The highest BCUT2D eigenvalue weighted by molar-refractivity contribution is 5.45. The maximum Gasteiger partial charge on any atom is 0.136 e. The normalized spacial score (nSPS) is 19.6. The number of piperidine rings is 1. The van der Waals surface area contributed by atoms with Crippen molar-refractivity contribution in [3.8, 4) is 11.8 Å². The fourth-order valence-electron chi connectivity index (χ4n) is 2.90. The van der Waals surface area contributed by atoms with Crippen molar-refractivity contribution in [3.63, 3.8) is 0 Å². The largest absolute Gasteiger partial charge is 0.495 e. The summed E-state index contributed by atoms with van der Waals surface area (Å²) >= 11 is 0. The van der Waals surface area contributed by atoms with Crippen molar-refractivity contribution < 1.29 is 9.84 Å². The van der Waals surface area contributed by atoms with Gasteiger partial charge in [-0.15, -0.1) is 0 Å². The minimum absolute atomic E-state index is 0.281. The molecule has 1 N–H and O–H groups in total. The number of aliphatic hydroxyl groups is 1. The molecule has 2 rings (SSSR count). The van der Waals surface area contributed by atoms with E-state index in [2.05, 4.69) is 11.0 Å². The zero-order valence-corrected chi connectivity index (χ0v) is 12.0. The van der Waals surface area contributed by atoms with Crippen molar-refractivity contribution in [2.45, 2.75) is 25.8 Å². The number of methoxy groups -OCH3 is 1. The Hall–Kier alpha value is -1.57. The minimum atomic E-state index is 0.281. The third-order valence-corrected chi connectivity index (χ3v) is 3.93. The van der Waals surface area contributed by atoms with Crippen molar-refractivity contribution >= 4 is 0 Å². The average Bonchev–Trinajstić information content (AvgIpc) is 2.48.